The number of rotatable bonds is 9. The molecule has 0 aliphatic rings. The van der Waals surface area contributed by atoms with Crippen LogP contribution < -0.4 is 10.6 Å². The molecule has 39 heavy (non-hydrogen) atoms. The third kappa shape index (κ3) is 7.69. The summed E-state index contributed by atoms with van der Waals surface area (Å²) in [6.07, 6.45) is 0.887. The van der Waals surface area contributed by atoms with E-state index in [2.05, 4.69) is 17.2 Å². The molecule has 7 heteroatoms. The van der Waals surface area contributed by atoms with Crippen LogP contribution in [0.5, 0.6) is 0 Å². The first-order valence-corrected chi connectivity index (χ1v) is 13.2. The van der Waals surface area contributed by atoms with E-state index in [-0.39, 0.29) is 18.4 Å². The fraction of sp³-hybridized carbons (Fsp3) is 0.344. The maximum atomic E-state index is 14.1. The quantitative estimate of drug-likeness (QED) is 0.314. The number of ether oxygens (including phenoxy) is 1. The summed E-state index contributed by atoms with van der Waals surface area (Å²) in [6.45, 7) is 14.8. The van der Waals surface area contributed by atoms with E-state index >= 15 is 0 Å². The Kier molecular flexibility index (Phi) is 9.51. The van der Waals surface area contributed by atoms with Crippen LogP contribution in [0.3, 0.4) is 0 Å². The fourth-order valence-electron chi connectivity index (χ4n) is 4.41. The fourth-order valence-corrected chi connectivity index (χ4v) is 4.41. The van der Waals surface area contributed by atoms with E-state index in [4.69, 9.17) is 4.74 Å². The van der Waals surface area contributed by atoms with Crippen molar-refractivity contribution < 1.29 is 19.1 Å². The summed E-state index contributed by atoms with van der Waals surface area (Å²) >= 11 is 0. The van der Waals surface area contributed by atoms with Gasteiger partial charge in [-0.05, 0) is 67.6 Å². The molecule has 0 aliphatic heterocycles. The average molecular weight is 530 g/mol. The number of hydrogen-bond acceptors (Lipinski definition) is 4. The van der Waals surface area contributed by atoms with E-state index < -0.39 is 29.7 Å². The molecular weight excluding hydrogens is 490 g/mol. The van der Waals surface area contributed by atoms with Crippen LogP contribution in [0.1, 0.15) is 51.8 Å². The topological polar surface area (TPSA) is 87.7 Å². The monoisotopic (exact) mass is 529 g/mol. The number of nitrogens with zero attached hydrogens (tertiary/aromatic N) is 1. The molecule has 7 nitrogen and oxygen atoms in total. The molecule has 0 saturated heterocycles. The largest absolute Gasteiger partial charge is 0.444 e. The van der Waals surface area contributed by atoms with Gasteiger partial charge >= 0.3 is 6.09 Å². The molecule has 2 unspecified atom stereocenters. The molecule has 3 amide bonds. The van der Waals surface area contributed by atoms with Crippen LogP contribution in [-0.2, 0) is 14.3 Å². The first-order chi connectivity index (χ1) is 18.4. The van der Waals surface area contributed by atoms with Crippen LogP contribution in [0.2, 0.25) is 0 Å². The summed E-state index contributed by atoms with van der Waals surface area (Å²) < 4.78 is 5.41. The van der Waals surface area contributed by atoms with E-state index in [0.29, 0.717) is 11.3 Å². The number of amides is 3. The van der Waals surface area contributed by atoms with Crippen molar-refractivity contribution in [3.63, 3.8) is 0 Å². The Morgan fingerprint density at radius 2 is 1.62 bits per heavy atom. The van der Waals surface area contributed by atoms with Crippen LogP contribution in [0.15, 0.2) is 79.4 Å². The summed E-state index contributed by atoms with van der Waals surface area (Å²) in [5, 5.41) is 7.78. The zero-order valence-electron chi connectivity index (χ0n) is 23.7. The van der Waals surface area contributed by atoms with Crippen molar-refractivity contribution in [1.82, 2.24) is 10.2 Å². The van der Waals surface area contributed by atoms with Crippen LogP contribution in [0.25, 0.3) is 10.8 Å². The van der Waals surface area contributed by atoms with Gasteiger partial charge in [-0.15, -0.1) is 6.58 Å². The second-order valence-electron chi connectivity index (χ2n) is 11.0. The molecule has 3 aromatic rings. The molecule has 0 saturated carbocycles. The first kappa shape index (κ1) is 29.4. The zero-order chi connectivity index (χ0) is 28.7. The summed E-state index contributed by atoms with van der Waals surface area (Å²) in [5.74, 6) is -1.04. The molecule has 2 atom stereocenters. The Hall–Kier alpha value is -4.13. The predicted molar refractivity (Wildman–Crippen MR) is 156 cm³/mol. The van der Waals surface area contributed by atoms with E-state index in [1.54, 1.807) is 26.8 Å². The van der Waals surface area contributed by atoms with Crippen molar-refractivity contribution >= 4 is 34.4 Å². The van der Waals surface area contributed by atoms with Crippen LogP contribution in [0, 0.1) is 12.8 Å². The second-order valence-corrected chi connectivity index (χ2v) is 11.0. The highest BCUT2D eigenvalue weighted by Crippen LogP contribution is 2.28. The number of hydrogen-bond donors (Lipinski definition) is 2. The number of alkyl carbamates (subject to hydrolysis) is 1. The molecule has 0 fully saturated rings. The lowest BCUT2D eigenvalue weighted by atomic mass is 9.96. The van der Waals surface area contributed by atoms with Crippen LogP contribution in [0.4, 0.5) is 10.5 Å². The third-order valence-corrected chi connectivity index (χ3v) is 6.27. The molecular formula is C32H39N3O4. The van der Waals surface area contributed by atoms with Gasteiger partial charge in [-0.3, -0.25) is 9.59 Å². The highest BCUT2D eigenvalue weighted by atomic mass is 16.6. The van der Waals surface area contributed by atoms with Gasteiger partial charge in [-0.1, -0.05) is 74.5 Å². The van der Waals surface area contributed by atoms with Crippen molar-refractivity contribution in [2.24, 2.45) is 5.92 Å². The van der Waals surface area contributed by atoms with Crippen molar-refractivity contribution in [3.05, 3.63) is 90.5 Å². The Bertz CT molecular complexity index is 1340. The van der Waals surface area contributed by atoms with E-state index in [1.807, 2.05) is 87.5 Å². The van der Waals surface area contributed by atoms with Gasteiger partial charge in [0.05, 0.1) is 0 Å². The van der Waals surface area contributed by atoms with Crippen molar-refractivity contribution in [3.8, 4) is 0 Å². The Morgan fingerprint density at radius 3 is 2.23 bits per heavy atom. The number of carbonyl (C=O) groups excluding carboxylic acids is 3. The first-order valence-electron chi connectivity index (χ1n) is 13.2. The minimum Gasteiger partial charge on any atom is -0.444 e. The number of carbonyl (C=O) groups is 3. The molecule has 0 heterocycles. The third-order valence-electron chi connectivity index (χ3n) is 6.27. The van der Waals surface area contributed by atoms with Crippen molar-refractivity contribution in [2.45, 2.75) is 59.2 Å². The standard InChI is InChI=1S/C32H39N3O4/c1-8-19-35(30(37)27(21(2)3)34-31(38)39-32(5,6)7)28(26-16-12-9-13-22(26)4)29(36)33-25-18-17-23-14-10-11-15-24(23)20-25/h8-18,20-21,27-28H,1,19H2,2-7H3,(H,33,36)(H,34,38). The molecule has 2 N–H and O–H groups in total. The molecule has 3 rings (SSSR count). The van der Waals surface area contributed by atoms with Crippen LogP contribution in [-0.4, -0.2) is 41.0 Å². The Balaban J connectivity index is 2.01. The highest BCUT2D eigenvalue weighted by Gasteiger charge is 2.37. The van der Waals surface area contributed by atoms with Gasteiger partial charge in [-0.2, -0.15) is 0 Å². The van der Waals surface area contributed by atoms with E-state index in [9.17, 15) is 14.4 Å². The normalized spacial score (nSPS) is 12.9. The number of anilines is 1. The van der Waals surface area contributed by atoms with Gasteiger partial charge in [-0.25, -0.2) is 4.79 Å². The van der Waals surface area contributed by atoms with Gasteiger partial charge < -0.3 is 20.3 Å². The summed E-state index contributed by atoms with van der Waals surface area (Å²) in [6, 6.07) is 19.2. The molecule has 3 aromatic carbocycles. The lowest BCUT2D eigenvalue weighted by molar-refractivity contribution is -0.141. The Morgan fingerprint density at radius 1 is 0.974 bits per heavy atom. The summed E-state index contributed by atoms with van der Waals surface area (Å²) in [4.78, 5) is 42.1. The zero-order valence-corrected chi connectivity index (χ0v) is 23.7. The van der Waals surface area contributed by atoms with Gasteiger partial charge in [0.25, 0.3) is 5.91 Å². The number of nitrogens with one attached hydrogen (secondary N) is 2. The predicted octanol–water partition coefficient (Wildman–Crippen LogP) is 6.39. The van der Waals surface area contributed by atoms with E-state index in [1.165, 1.54) is 4.90 Å². The molecule has 0 aromatic heterocycles. The van der Waals surface area contributed by atoms with E-state index in [0.717, 1.165) is 16.3 Å². The van der Waals surface area contributed by atoms with Gasteiger partial charge in [0.2, 0.25) is 5.91 Å². The lowest BCUT2D eigenvalue weighted by Gasteiger charge is -2.35. The molecule has 206 valence electrons. The maximum absolute atomic E-state index is 14.1. The molecule has 0 spiro atoms. The van der Waals surface area contributed by atoms with Crippen LogP contribution >= 0.6 is 0 Å². The SMILES string of the molecule is C=CCN(C(=O)C(NC(=O)OC(C)(C)C)C(C)C)C(C(=O)Nc1ccc2ccccc2c1)c1ccccc1C. The maximum Gasteiger partial charge on any atom is 0.408 e. The number of aryl methyl sites for hydroxylation is 1. The molecule has 0 aliphatic carbocycles. The smallest absolute Gasteiger partial charge is 0.408 e. The van der Waals surface area contributed by atoms with Gasteiger partial charge in [0.15, 0.2) is 0 Å². The molecule has 0 bridgehead atoms. The Labute approximate surface area is 231 Å². The summed E-state index contributed by atoms with van der Waals surface area (Å²) in [5.41, 5.74) is 1.44. The minimum atomic E-state index is -0.968. The highest BCUT2D eigenvalue weighted by molar-refractivity contribution is 6.00. The van der Waals surface area contributed by atoms with Crippen molar-refractivity contribution in [1.29, 1.82) is 0 Å². The molecule has 0 radical (unpaired) electrons. The average Bonchev–Trinajstić information content (AvgIpc) is 2.86. The van der Waals surface area contributed by atoms with Gasteiger partial charge in [0, 0.05) is 12.2 Å². The lowest BCUT2D eigenvalue weighted by Crippen LogP contribution is -2.54. The summed E-state index contributed by atoms with van der Waals surface area (Å²) in [7, 11) is 0. The number of fused-ring (bicyclic) bond motifs is 1. The minimum absolute atomic E-state index is 0.0994. The number of benzene rings is 3. The second kappa shape index (κ2) is 12.6. The van der Waals surface area contributed by atoms with Gasteiger partial charge in [0.1, 0.15) is 17.7 Å². The van der Waals surface area contributed by atoms with Crippen molar-refractivity contribution in [2.75, 3.05) is 11.9 Å².